The Labute approximate surface area is 123 Å². The molecule has 6 heteroatoms. The average Bonchev–Trinajstić information content (AvgIpc) is 2.48. The van der Waals surface area contributed by atoms with E-state index in [1.807, 2.05) is 0 Å². The first-order valence-corrected chi connectivity index (χ1v) is 7.14. The molecule has 1 amide bonds. The average molecular weight is 299 g/mol. The number of hydrogen-bond donors (Lipinski definition) is 1. The standard InChI is InChI=1S/C14H19ClN2O3/c1-20-12-4-2-3-11(13(12)18)14(19)17-9-7-16(6-5-15)8-10-17/h2-4,18H,5-10H2,1H3. The second-order valence-electron chi connectivity index (χ2n) is 4.68. The monoisotopic (exact) mass is 298 g/mol. The van der Waals surface area contributed by atoms with E-state index < -0.39 is 0 Å². The summed E-state index contributed by atoms with van der Waals surface area (Å²) in [7, 11) is 1.47. The highest BCUT2D eigenvalue weighted by molar-refractivity contribution is 6.18. The summed E-state index contributed by atoms with van der Waals surface area (Å²) in [4.78, 5) is 16.4. The van der Waals surface area contributed by atoms with E-state index in [1.165, 1.54) is 7.11 Å². The van der Waals surface area contributed by atoms with Crippen LogP contribution in [-0.4, -0.2) is 66.5 Å². The van der Waals surface area contributed by atoms with Gasteiger partial charge in [-0.15, -0.1) is 11.6 Å². The van der Waals surface area contributed by atoms with E-state index in [-0.39, 0.29) is 17.2 Å². The van der Waals surface area contributed by atoms with Gasteiger partial charge in [0.1, 0.15) is 0 Å². The maximum absolute atomic E-state index is 12.4. The van der Waals surface area contributed by atoms with Gasteiger partial charge < -0.3 is 14.7 Å². The number of aromatic hydroxyl groups is 1. The molecule has 1 fully saturated rings. The lowest BCUT2D eigenvalue weighted by Crippen LogP contribution is -2.49. The number of halogens is 1. The minimum Gasteiger partial charge on any atom is -0.504 e. The highest BCUT2D eigenvalue weighted by Crippen LogP contribution is 2.30. The molecule has 0 aliphatic carbocycles. The number of alkyl halides is 1. The van der Waals surface area contributed by atoms with Crippen molar-refractivity contribution in [2.24, 2.45) is 0 Å². The molecule has 0 radical (unpaired) electrons. The summed E-state index contributed by atoms with van der Waals surface area (Å²) < 4.78 is 5.03. The maximum Gasteiger partial charge on any atom is 0.257 e. The third kappa shape index (κ3) is 3.16. The summed E-state index contributed by atoms with van der Waals surface area (Å²) in [6.07, 6.45) is 0. The summed E-state index contributed by atoms with van der Waals surface area (Å²) in [5.41, 5.74) is 0.287. The summed E-state index contributed by atoms with van der Waals surface area (Å²) in [5, 5.41) is 10.0. The number of para-hydroxylation sites is 1. The maximum atomic E-state index is 12.4. The fourth-order valence-electron chi connectivity index (χ4n) is 2.32. The van der Waals surface area contributed by atoms with Crippen LogP contribution in [0.3, 0.4) is 0 Å². The molecule has 20 heavy (non-hydrogen) atoms. The Balaban J connectivity index is 2.06. The number of amides is 1. The van der Waals surface area contributed by atoms with Crippen molar-refractivity contribution < 1.29 is 14.6 Å². The lowest BCUT2D eigenvalue weighted by Gasteiger charge is -2.34. The van der Waals surface area contributed by atoms with Gasteiger partial charge in [0.05, 0.1) is 12.7 Å². The molecule has 0 saturated carbocycles. The Morgan fingerprint density at radius 3 is 2.65 bits per heavy atom. The second-order valence-corrected chi connectivity index (χ2v) is 5.06. The highest BCUT2D eigenvalue weighted by atomic mass is 35.5. The molecule has 0 bridgehead atoms. The molecule has 1 aliphatic rings. The molecule has 0 unspecified atom stereocenters. The molecule has 1 N–H and O–H groups in total. The van der Waals surface area contributed by atoms with Crippen molar-refractivity contribution in [3.63, 3.8) is 0 Å². The van der Waals surface area contributed by atoms with Crippen molar-refractivity contribution in [3.05, 3.63) is 23.8 Å². The van der Waals surface area contributed by atoms with Crippen LogP contribution in [0.4, 0.5) is 0 Å². The van der Waals surface area contributed by atoms with Crippen LogP contribution in [0.1, 0.15) is 10.4 Å². The Bertz CT molecular complexity index is 473. The fraction of sp³-hybridized carbons (Fsp3) is 0.500. The number of piperazine rings is 1. The van der Waals surface area contributed by atoms with Gasteiger partial charge in [0.25, 0.3) is 5.91 Å². The van der Waals surface area contributed by atoms with Crippen LogP contribution in [0.5, 0.6) is 11.5 Å². The SMILES string of the molecule is COc1cccc(C(=O)N2CCN(CCCl)CC2)c1O. The van der Waals surface area contributed by atoms with Gasteiger partial charge >= 0.3 is 0 Å². The third-order valence-electron chi connectivity index (χ3n) is 3.51. The van der Waals surface area contributed by atoms with E-state index in [0.29, 0.717) is 24.7 Å². The number of nitrogens with zero attached hydrogens (tertiary/aromatic N) is 2. The Morgan fingerprint density at radius 2 is 2.05 bits per heavy atom. The molecule has 1 aromatic rings. The van der Waals surface area contributed by atoms with Gasteiger partial charge in [-0.25, -0.2) is 0 Å². The van der Waals surface area contributed by atoms with Gasteiger partial charge in [-0.1, -0.05) is 6.07 Å². The topological polar surface area (TPSA) is 53.0 Å². The third-order valence-corrected chi connectivity index (χ3v) is 3.68. The van der Waals surface area contributed by atoms with Gasteiger partial charge in [0.2, 0.25) is 0 Å². The van der Waals surface area contributed by atoms with Crippen LogP contribution in [0.2, 0.25) is 0 Å². The van der Waals surface area contributed by atoms with E-state index >= 15 is 0 Å². The summed E-state index contributed by atoms with van der Waals surface area (Å²) in [5.74, 6) is 0.664. The Morgan fingerprint density at radius 1 is 1.35 bits per heavy atom. The van der Waals surface area contributed by atoms with Crippen LogP contribution < -0.4 is 4.74 Å². The molecular formula is C14H19ClN2O3. The molecule has 0 spiro atoms. The zero-order chi connectivity index (χ0) is 14.5. The molecular weight excluding hydrogens is 280 g/mol. The van der Waals surface area contributed by atoms with Crippen molar-refractivity contribution in [3.8, 4) is 11.5 Å². The summed E-state index contributed by atoms with van der Waals surface area (Å²) in [6.45, 7) is 3.75. The van der Waals surface area contributed by atoms with Gasteiger partial charge in [0.15, 0.2) is 11.5 Å². The zero-order valence-corrected chi connectivity index (χ0v) is 12.3. The minimum absolute atomic E-state index is 0.0943. The molecule has 1 aliphatic heterocycles. The largest absolute Gasteiger partial charge is 0.504 e. The first kappa shape index (κ1) is 14.9. The van der Waals surface area contributed by atoms with Crippen molar-refractivity contribution in [2.45, 2.75) is 0 Å². The van der Waals surface area contributed by atoms with Crippen LogP contribution in [0.25, 0.3) is 0 Å². The molecule has 1 heterocycles. The van der Waals surface area contributed by atoms with Crippen molar-refractivity contribution >= 4 is 17.5 Å². The van der Waals surface area contributed by atoms with Gasteiger partial charge in [-0.2, -0.15) is 0 Å². The number of ether oxygens (including phenoxy) is 1. The number of carbonyl (C=O) groups is 1. The smallest absolute Gasteiger partial charge is 0.257 e. The van der Waals surface area contributed by atoms with Gasteiger partial charge in [-0.05, 0) is 12.1 Å². The van der Waals surface area contributed by atoms with Crippen molar-refractivity contribution in [2.75, 3.05) is 45.7 Å². The molecule has 0 aromatic heterocycles. The van der Waals surface area contributed by atoms with Gasteiger partial charge in [-0.3, -0.25) is 9.69 Å². The highest BCUT2D eigenvalue weighted by Gasteiger charge is 2.24. The summed E-state index contributed by atoms with van der Waals surface area (Å²) in [6, 6.07) is 4.95. The zero-order valence-electron chi connectivity index (χ0n) is 11.5. The summed E-state index contributed by atoms with van der Waals surface area (Å²) >= 11 is 5.71. The van der Waals surface area contributed by atoms with E-state index in [4.69, 9.17) is 16.3 Å². The van der Waals surface area contributed by atoms with Crippen LogP contribution in [-0.2, 0) is 0 Å². The molecule has 0 atom stereocenters. The molecule has 1 aromatic carbocycles. The fourth-order valence-corrected chi connectivity index (χ4v) is 2.56. The van der Waals surface area contributed by atoms with Crippen LogP contribution in [0.15, 0.2) is 18.2 Å². The van der Waals surface area contributed by atoms with E-state index in [9.17, 15) is 9.90 Å². The lowest BCUT2D eigenvalue weighted by atomic mass is 10.1. The molecule has 5 nitrogen and oxygen atoms in total. The van der Waals surface area contributed by atoms with Crippen LogP contribution in [0, 0.1) is 0 Å². The lowest BCUT2D eigenvalue weighted by molar-refractivity contribution is 0.0641. The predicted octanol–water partition coefficient (Wildman–Crippen LogP) is 1.40. The molecule has 110 valence electrons. The Kier molecular flexibility index (Phi) is 5.09. The Hall–Kier alpha value is -1.46. The molecule has 1 saturated heterocycles. The van der Waals surface area contributed by atoms with E-state index in [2.05, 4.69) is 4.90 Å². The number of methoxy groups -OCH3 is 1. The second kappa shape index (κ2) is 6.81. The first-order valence-electron chi connectivity index (χ1n) is 6.61. The number of phenolic OH excluding ortho intramolecular Hbond substituents is 1. The number of hydrogen-bond acceptors (Lipinski definition) is 4. The van der Waals surface area contributed by atoms with Gasteiger partial charge in [0, 0.05) is 38.6 Å². The van der Waals surface area contributed by atoms with E-state index in [1.54, 1.807) is 23.1 Å². The quantitative estimate of drug-likeness (QED) is 0.854. The first-order chi connectivity index (χ1) is 9.67. The number of rotatable bonds is 4. The number of benzene rings is 1. The number of carbonyl (C=O) groups excluding carboxylic acids is 1. The normalized spacial score (nSPS) is 16.2. The van der Waals surface area contributed by atoms with E-state index in [0.717, 1.165) is 19.6 Å². The molecule has 2 rings (SSSR count). The number of phenols is 1. The van der Waals surface area contributed by atoms with Crippen molar-refractivity contribution in [1.29, 1.82) is 0 Å². The minimum atomic E-state index is -0.160. The van der Waals surface area contributed by atoms with Crippen LogP contribution >= 0.6 is 11.6 Å². The predicted molar refractivity (Wildman–Crippen MR) is 77.7 cm³/mol. The van der Waals surface area contributed by atoms with Crippen molar-refractivity contribution in [1.82, 2.24) is 9.80 Å².